The van der Waals surface area contributed by atoms with Crippen molar-refractivity contribution in [3.8, 4) is 0 Å². The summed E-state index contributed by atoms with van der Waals surface area (Å²) in [5.74, 6) is 5.35. The molecule has 1 aromatic rings. The number of benzene rings is 1. The van der Waals surface area contributed by atoms with Crippen LogP contribution in [0.25, 0.3) is 0 Å². The van der Waals surface area contributed by atoms with E-state index in [4.69, 9.17) is 0 Å². The zero-order chi connectivity index (χ0) is 11.7. The smallest absolute Gasteiger partial charge is 0.219 e. The number of carbonyl (C=O) groups is 1. The molecule has 1 unspecified atom stereocenters. The van der Waals surface area contributed by atoms with Gasteiger partial charge in [-0.15, -0.1) is 0 Å². The molecule has 1 aliphatic rings. The van der Waals surface area contributed by atoms with Crippen LogP contribution in [-0.2, 0) is 11.3 Å². The maximum absolute atomic E-state index is 11.5. The first-order valence-corrected chi connectivity index (χ1v) is 7.00. The van der Waals surface area contributed by atoms with Gasteiger partial charge in [0.05, 0.1) is 0 Å². The predicted molar refractivity (Wildman–Crippen MR) is 70.1 cm³/mol. The fourth-order valence-corrected chi connectivity index (χ4v) is 3.41. The third-order valence-electron chi connectivity index (χ3n) is 2.94. The lowest BCUT2D eigenvalue weighted by atomic mass is 10.1. The molecule has 1 aliphatic heterocycles. The summed E-state index contributed by atoms with van der Waals surface area (Å²) in [6.07, 6.45) is 0. The Labute approximate surface area is 99.2 Å². The van der Waals surface area contributed by atoms with Gasteiger partial charge in [0, 0.05) is 30.7 Å². The van der Waals surface area contributed by atoms with Crippen molar-refractivity contribution in [3.63, 3.8) is 0 Å². The molecule has 0 N–H and O–H groups in total. The van der Waals surface area contributed by atoms with Gasteiger partial charge in [-0.25, -0.2) is 0 Å². The molecule has 16 heavy (non-hydrogen) atoms. The van der Waals surface area contributed by atoms with Crippen LogP contribution in [0, 0.1) is 6.92 Å². The van der Waals surface area contributed by atoms with E-state index in [2.05, 4.69) is 31.0 Å². The van der Waals surface area contributed by atoms with E-state index in [1.807, 2.05) is 4.90 Å². The van der Waals surface area contributed by atoms with Crippen LogP contribution >= 0.6 is 10.5 Å². The van der Waals surface area contributed by atoms with Crippen LogP contribution in [0.5, 0.6) is 0 Å². The van der Waals surface area contributed by atoms with Crippen LogP contribution in [-0.4, -0.2) is 29.0 Å². The lowest BCUT2D eigenvalue weighted by molar-refractivity contribution is -0.129. The molecule has 0 radical (unpaired) electrons. The SMILES string of the molecule is C=S1CCN(C(C)=O)Cc2cc(C)ccc21. The molecule has 0 saturated carbocycles. The van der Waals surface area contributed by atoms with Gasteiger partial charge in [0.2, 0.25) is 5.91 Å². The highest BCUT2D eigenvalue weighted by Crippen LogP contribution is 2.32. The van der Waals surface area contributed by atoms with Crippen molar-refractivity contribution in [2.75, 3.05) is 12.3 Å². The van der Waals surface area contributed by atoms with Crippen molar-refractivity contribution < 1.29 is 4.79 Å². The summed E-state index contributed by atoms with van der Waals surface area (Å²) >= 11 is 0. The maximum Gasteiger partial charge on any atom is 0.219 e. The molecule has 0 spiro atoms. The van der Waals surface area contributed by atoms with E-state index in [9.17, 15) is 4.79 Å². The van der Waals surface area contributed by atoms with Crippen molar-refractivity contribution in [3.05, 3.63) is 29.3 Å². The summed E-state index contributed by atoms with van der Waals surface area (Å²) < 4.78 is 0. The summed E-state index contributed by atoms with van der Waals surface area (Å²) in [7, 11) is 0.0281. The van der Waals surface area contributed by atoms with Crippen molar-refractivity contribution >= 4 is 22.3 Å². The number of hydrogen-bond donors (Lipinski definition) is 0. The molecule has 1 aromatic carbocycles. The summed E-state index contributed by atoms with van der Waals surface area (Å²) in [5, 5.41) is 0. The number of hydrogen-bond acceptors (Lipinski definition) is 1. The third kappa shape index (κ3) is 2.19. The summed E-state index contributed by atoms with van der Waals surface area (Å²) in [4.78, 5) is 14.7. The average Bonchev–Trinajstić information content (AvgIpc) is 2.38. The molecule has 1 atom stereocenters. The van der Waals surface area contributed by atoms with Gasteiger partial charge in [0.25, 0.3) is 0 Å². The van der Waals surface area contributed by atoms with Gasteiger partial charge in [-0.05, 0) is 18.6 Å². The number of nitrogens with zero attached hydrogens (tertiary/aromatic N) is 1. The molecule has 0 bridgehead atoms. The van der Waals surface area contributed by atoms with E-state index in [1.54, 1.807) is 6.92 Å². The van der Waals surface area contributed by atoms with E-state index in [-0.39, 0.29) is 16.4 Å². The first-order chi connectivity index (χ1) is 7.58. The van der Waals surface area contributed by atoms with Crippen LogP contribution < -0.4 is 0 Å². The largest absolute Gasteiger partial charge is 0.338 e. The van der Waals surface area contributed by atoms with Crippen molar-refractivity contribution in [2.45, 2.75) is 25.3 Å². The molecule has 1 heterocycles. The fraction of sp³-hybridized carbons (Fsp3) is 0.385. The summed E-state index contributed by atoms with van der Waals surface area (Å²) in [6.45, 7) is 5.30. The lowest BCUT2D eigenvalue weighted by Crippen LogP contribution is -2.29. The number of carbonyl (C=O) groups excluding carboxylic acids is 1. The van der Waals surface area contributed by atoms with Crippen LogP contribution in [0.15, 0.2) is 23.1 Å². The minimum absolute atomic E-state index is 0.0281. The van der Waals surface area contributed by atoms with Gasteiger partial charge < -0.3 is 4.90 Å². The van der Waals surface area contributed by atoms with Gasteiger partial charge in [-0.2, -0.15) is 10.5 Å². The number of amides is 1. The van der Waals surface area contributed by atoms with Gasteiger partial charge >= 0.3 is 0 Å². The molecular weight excluding hydrogens is 218 g/mol. The Morgan fingerprint density at radius 3 is 2.94 bits per heavy atom. The highest BCUT2D eigenvalue weighted by atomic mass is 32.2. The Morgan fingerprint density at radius 2 is 2.25 bits per heavy atom. The Bertz CT molecular complexity index is 453. The second kappa shape index (κ2) is 4.42. The Kier molecular flexibility index (Phi) is 3.15. The molecule has 2 nitrogen and oxygen atoms in total. The van der Waals surface area contributed by atoms with Crippen LogP contribution in [0.1, 0.15) is 18.1 Å². The minimum atomic E-state index is 0.0281. The Balaban J connectivity index is 2.42. The predicted octanol–water partition coefficient (Wildman–Crippen LogP) is 2.42. The van der Waals surface area contributed by atoms with Crippen LogP contribution in [0.3, 0.4) is 0 Å². The third-order valence-corrected chi connectivity index (χ3v) is 4.64. The van der Waals surface area contributed by atoms with Crippen molar-refractivity contribution in [1.82, 2.24) is 4.90 Å². The average molecular weight is 235 g/mol. The van der Waals surface area contributed by atoms with E-state index < -0.39 is 0 Å². The molecule has 0 aromatic heterocycles. The highest BCUT2D eigenvalue weighted by Gasteiger charge is 2.17. The second-order valence-corrected chi connectivity index (χ2v) is 6.08. The van der Waals surface area contributed by atoms with Gasteiger partial charge in [-0.3, -0.25) is 4.79 Å². The van der Waals surface area contributed by atoms with Gasteiger partial charge in [0.15, 0.2) is 0 Å². The van der Waals surface area contributed by atoms with Crippen molar-refractivity contribution in [2.24, 2.45) is 0 Å². The normalized spacial score (nSPS) is 20.1. The van der Waals surface area contributed by atoms with E-state index >= 15 is 0 Å². The van der Waals surface area contributed by atoms with Crippen LogP contribution in [0.2, 0.25) is 0 Å². The van der Waals surface area contributed by atoms with E-state index in [0.717, 1.165) is 18.8 Å². The molecule has 0 fully saturated rings. The van der Waals surface area contributed by atoms with Gasteiger partial charge in [-0.1, -0.05) is 23.6 Å². The highest BCUT2D eigenvalue weighted by molar-refractivity contribution is 8.14. The number of rotatable bonds is 0. The fourth-order valence-electron chi connectivity index (χ4n) is 2.00. The quantitative estimate of drug-likeness (QED) is 0.632. The van der Waals surface area contributed by atoms with Gasteiger partial charge in [0.1, 0.15) is 0 Å². The summed E-state index contributed by atoms with van der Waals surface area (Å²) in [5.41, 5.74) is 2.52. The van der Waals surface area contributed by atoms with Crippen LogP contribution in [0.4, 0.5) is 0 Å². The van der Waals surface area contributed by atoms with E-state index in [0.29, 0.717) is 0 Å². The molecule has 1 amide bonds. The standard InChI is InChI=1S/C13H17NOS/c1-10-4-5-13-12(8-10)9-14(11(2)15)6-7-16(13)3/h4-5,8H,3,6-7,9H2,1-2H3. The topological polar surface area (TPSA) is 20.3 Å². The zero-order valence-electron chi connectivity index (χ0n) is 9.82. The zero-order valence-corrected chi connectivity index (χ0v) is 10.6. The second-order valence-electron chi connectivity index (χ2n) is 4.25. The molecule has 2 rings (SSSR count). The van der Waals surface area contributed by atoms with E-state index in [1.165, 1.54) is 16.0 Å². The molecule has 0 aliphatic carbocycles. The molecular formula is C13H17NOS. The molecule has 3 heteroatoms. The monoisotopic (exact) mass is 235 g/mol. The summed E-state index contributed by atoms with van der Waals surface area (Å²) in [6, 6.07) is 6.49. The molecule has 86 valence electrons. The van der Waals surface area contributed by atoms with Crippen molar-refractivity contribution in [1.29, 1.82) is 0 Å². The molecule has 0 saturated heterocycles. The Morgan fingerprint density at radius 1 is 1.50 bits per heavy atom. The first kappa shape index (κ1) is 11.4. The number of aryl methyl sites for hydroxylation is 1. The lowest BCUT2D eigenvalue weighted by Gasteiger charge is -2.18. The minimum Gasteiger partial charge on any atom is -0.338 e. The Hall–Kier alpha value is -1.09. The maximum atomic E-state index is 11.5. The first-order valence-electron chi connectivity index (χ1n) is 5.43. The number of fused-ring (bicyclic) bond motifs is 1.